The summed E-state index contributed by atoms with van der Waals surface area (Å²) in [4.78, 5) is 0.114. The van der Waals surface area contributed by atoms with Crippen molar-refractivity contribution in [1.82, 2.24) is 0 Å². The molecule has 0 aliphatic carbocycles. The van der Waals surface area contributed by atoms with Crippen LogP contribution in [0.3, 0.4) is 0 Å². The first-order valence-electron chi connectivity index (χ1n) is 5.65. The Hall–Kier alpha value is -0.310. The van der Waals surface area contributed by atoms with Crippen LogP contribution in [0.1, 0.15) is 27.1 Å². The van der Waals surface area contributed by atoms with Gasteiger partial charge in [-0.05, 0) is 48.7 Å². The Morgan fingerprint density at radius 1 is 1.00 bits per heavy atom. The van der Waals surface area contributed by atoms with Gasteiger partial charge in [-0.3, -0.25) is 0 Å². The first-order valence-corrected chi connectivity index (χ1v) is 7.74. The highest BCUT2D eigenvalue weighted by molar-refractivity contribution is 9.10. The van der Waals surface area contributed by atoms with Gasteiger partial charge in [0, 0.05) is 9.50 Å². The van der Waals surface area contributed by atoms with Crippen LogP contribution in [0.4, 0.5) is 0 Å². The van der Waals surface area contributed by atoms with E-state index in [4.69, 9.17) is 11.6 Å². The highest BCUT2D eigenvalue weighted by Gasteiger charge is 2.16. The molecule has 2 rings (SSSR count). The summed E-state index contributed by atoms with van der Waals surface area (Å²) in [7, 11) is 0. The van der Waals surface area contributed by atoms with Crippen molar-refractivity contribution < 1.29 is 0 Å². The van der Waals surface area contributed by atoms with Gasteiger partial charge in [-0.1, -0.05) is 67.2 Å². The van der Waals surface area contributed by atoms with E-state index in [0.29, 0.717) is 0 Å². The zero-order chi connectivity index (χ0) is 13.3. The predicted octanol–water partition coefficient (Wildman–Crippen LogP) is 6.20. The summed E-state index contributed by atoms with van der Waals surface area (Å²) in [5.74, 6) is 0. The van der Waals surface area contributed by atoms with Gasteiger partial charge in [-0.25, -0.2) is 0 Å². The van der Waals surface area contributed by atoms with Crippen LogP contribution in [0.2, 0.25) is 5.02 Å². The van der Waals surface area contributed by atoms with Crippen molar-refractivity contribution in [3.8, 4) is 0 Å². The standard InChI is InChI=1S/C15H13Br2Cl/c1-9-3-5-12(10(2)7-9)15(17)13-8-11(16)4-6-14(13)18/h3-8,15H,1-2H3. The summed E-state index contributed by atoms with van der Waals surface area (Å²) >= 11 is 13.5. The summed E-state index contributed by atoms with van der Waals surface area (Å²) in [6.07, 6.45) is 0. The Kier molecular flexibility index (Phi) is 4.52. The average Bonchev–Trinajstić information content (AvgIpc) is 2.31. The number of rotatable bonds is 2. The number of hydrogen-bond acceptors (Lipinski definition) is 0. The molecule has 0 aromatic heterocycles. The Labute approximate surface area is 130 Å². The van der Waals surface area contributed by atoms with E-state index >= 15 is 0 Å². The fourth-order valence-electron chi connectivity index (χ4n) is 1.99. The maximum atomic E-state index is 6.27. The molecule has 0 aliphatic rings. The molecule has 0 heterocycles. The fourth-order valence-corrected chi connectivity index (χ4v) is 3.62. The molecule has 0 aliphatic heterocycles. The summed E-state index contributed by atoms with van der Waals surface area (Å²) in [6.45, 7) is 4.23. The van der Waals surface area contributed by atoms with Gasteiger partial charge >= 0.3 is 0 Å². The third kappa shape index (κ3) is 2.98. The minimum atomic E-state index is 0.114. The summed E-state index contributed by atoms with van der Waals surface area (Å²) in [5, 5.41) is 0.778. The first-order chi connectivity index (χ1) is 8.49. The highest BCUT2D eigenvalue weighted by Crippen LogP contribution is 2.38. The SMILES string of the molecule is Cc1ccc(C(Br)c2cc(Br)ccc2Cl)c(C)c1. The Morgan fingerprint density at radius 2 is 1.72 bits per heavy atom. The molecular weight excluding hydrogens is 375 g/mol. The number of benzene rings is 2. The molecule has 18 heavy (non-hydrogen) atoms. The third-order valence-corrected chi connectivity index (χ3v) is 4.75. The van der Waals surface area contributed by atoms with Crippen LogP contribution >= 0.6 is 43.5 Å². The van der Waals surface area contributed by atoms with Gasteiger partial charge in [0.15, 0.2) is 0 Å². The molecule has 2 aromatic rings. The lowest BCUT2D eigenvalue weighted by atomic mass is 9.99. The van der Waals surface area contributed by atoms with E-state index in [-0.39, 0.29) is 4.83 Å². The van der Waals surface area contributed by atoms with Gasteiger partial charge in [-0.15, -0.1) is 0 Å². The molecule has 3 heteroatoms. The Bertz CT molecular complexity index is 579. The van der Waals surface area contributed by atoms with Crippen LogP contribution in [0, 0.1) is 13.8 Å². The molecule has 0 bridgehead atoms. The van der Waals surface area contributed by atoms with Crippen molar-refractivity contribution >= 4 is 43.5 Å². The van der Waals surface area contributed by atoms with Gasteiger partial charge in [-0.2, -0.15) is 0 Å². The largest absolute Gasteiger partial charge is 0.0840 e. The minimum absolute atomic E-state index is 0.114. The topological polar surface area (TPSA) is 0 Å². The van der Waals surface area contributed by atoms with E-state index in [0.717, 1.165) is 15.1 Å². The maximum absolute atomic E-state index is 6.27. The van der Waals surface area contributed by atoms with Crippen LogP contribution in [-0.2, 0) is 0 Å². The van der Waals surface area contributed by atoms with E-state index in [2.05, 4.69) is 70.0 Å². The van der Waals surface area contributed by atoms with Crippen molar-refractivity contribution in [3.63, 3.8) is 0 Å². The van der Waals surface area contributed by atoms with Crippen LogP contribution in [0.5, 0.6) is 0 Å². The molecule has 0 fully saturated rings. The number of aryl methyl sites for hydroxylation is 2. The van der Waals surface area contributed by atoms with E-state index in [9.17, 15) is 0 Å². The normalized spacial score (nSPS) is 12.5. The van der Waals surface area contributed by atoms with E-state index in [1.807, 2.05) is 12.1 Å². The maximum Gasteiger partial charge on any atom is 0.0662 e. The second-order valence-electron chi connectivity index (χ2n) is 4.39. The quantitative estimate of drug-likeness (QED) is 0.537. The molecule has 94 valence electrons. The minimum Gasteiger partial charge on any atom is -0.0840 e. The molecule has 1 atom stereocenters. The van der Waals surface area contributed by atoms with Crippen molar-refractivity contribution in [2.45, 2.75) is 18.7 Å². The van der Waals surface area contributed by atoms with Gasteiger partial charge in [0.25, 0.3) is 0 Å². The first kappa shape index (κ1) is 14.1. The zero-order valence-electron chi connectivity index (χ0n) is 10.2. The zero-order valence-corrected chi connectivity index (χ0v) is 14.1. The van der Waals surface area contributed by atoms with Crippen LogP contribution in [0.25, 0.3) is 0 Å². The molecule has 0 radical (unpaired) electrons. The molecule has 1 unspecified atom stereocenters. The second kappa shape index (κ2) is 5.77. The lowest BCUT2D eigenvalue weighted by Crippen LogP contribution is -1.97. The molecule has 0 nitrogen and oxygen atoms in total. The van der Waals surface area contributed by atoms with E-state index < -0.39 is 0 Å². The lowest BCUT2D eigenvalue weighted by molar-refractivity contribution is 1.13. The van der Waals surface area contributed by atoms with Gasteiger partial charge in [0.05, 0.1) is 4.83 Å². The van der Waals surface area contributed by atoms with Crippen molar-refractivity contribution in [1.29, 1.82) is 0 Å². The molecule has 0 amide bonds. The number of hydrogen-bond donors (Lipinski definition) is 0. The monoisotopic (exact) mass is 386 g/mol. The Balaban J connectivity index is 2.47. The van der Waals surface area contributed by atoms with Crippen LogP contribution < -0.4 is 0 Å². The summed E-state index contributed by atoms with van der Waals surface area (Å²) in [5.41, 5.74) is 4.88. The second-order valence-corrected chi connectivity index (χ2v) is 6.63. The van der Waals surface area contributed by atoms with E-state index in [1.54, 1.807) is 0 Å². The molecule has 0 saturated heterocycles. The Morgan fingerprint density at radius 3 is 2.39 bits per heavy atom. The van der Waals surface area contributed by atoms with Crippen molar-refractivity contribution in [2.75, 3.05) is 0 Å². The van der Waals surface area contributed by atoms with E-state index in [1.165, 1.54) is 16.7 Å². The van der Waals surface area contributed by atoms with Crippen LogP contribution in [-0.4, -0.2) is 0 Å². The lowest BCUT2D eigenvalue weighted by Gasteiger charge is -2.16. The predicted molar refractivity (Wildman–Crippen MR) is 85.8 cm³/mol. The molecule has 0 spiro atoms. The highest BCUT2D eigenvalue weighted by atomic mass is 79.9. The number of alkyl halides is 1. The van der Waals surface area contributed by atoms with Gasteiger partial charge in [0.1, 0.15) is 0 Å². The summed E-state index contributed by atoms with van der Waals surface area (Å²) in [6, 6.07) is 12.4. The van der Waals surface area contributed by atoms with Gasteiger partial charge < -0.3 is 0 Å². The average molecular weight is 389 g/mol. The molecule has 0 N–H and O–H groups in total. The van der Waals surface area contributed by atoms with Crippen molar-refractivity contribution in [2.24, 2.45) is 0 Å². The van der Waals surface area contributed by atoms with Crippen molar-refractivity contribution in [3.05, 3.63) is 68.1 Å². The number of halogens is 3. The van der Waals surface area contributed by atoms with Crippen LogP contribution in [0.15, 0.2) is 40.9 Å². The third-order valence-electron chi connectivity index (χ3n) is 2.93. The van der Waals surface area contributed by atoms with Gasteiger partial charge in [0.2, 0.25) is 0 Å². The smallest absolute Gasteiger partial charge is 0.0662 e. The molecule has 2 aromatic carbocycles. The molecular formula is C15H13Br2Cl. The molecule has 0 saturated carbocycles. The summed E-state index contributed by atoms with van der Waals surface area (Å²) < 4.78 is 1.04. The fraction of sp³-hybridized carbons (Fsp3) is 0.200.